The van der Waals surface area contributed by atoms with E-state index in [1.807, 2.05) is 0 Å². The molecule has 8 heteroatoms. The first kappa shape index (κ1) is 15.8. The summed E-state index contributed by atoms with van der Waals surface area (Å²) < 4.78 is 31.6. The maximum Gasteiger partial charge on any atom is 0.260 e. The third kappa shape index (κ3) is 3.83. The summed E-state index contributed by atoms with van der Waals surface area (Å²) in [7, 11) is 0. The quantitative estimate of drug-likeness (QED) is 0.697. The van der Waals surface area contributed by atoms with Crippen LogP contribution >= 0.6 is 27.3 Å². The molecule has 0 radical (unpaired) electrons. The number of aromatic nitrogens is 1. The average Bonchev–Trinajstić information content (AvgIpc) is 3.12. The molecule has 0 fully saturated rings. The lowest BCUT2D eigenvalue weighted by Gasteiger charge is -1.99. The van der Waals surface area contributed by atoms with Gasteiger partial charge in [0.25, 0.3) is 5.91 Å². The molecule has 2 heterocycles. The molecule has 3 rings (SSSR count). The van der Waals surface area contributed by atoms with Crippen molar-refractivity contribution < 1.29 is 18.0 Å². The van der Waals surface area contributed by atoms with Gasteiger partial charge in [0.05, 0.1) is 5.56 Å². The number of nitrogens with one attached hydrogen (secondary N) is 1. The number of thiazole rings is 1. The summed E-state index contributed by atoms with van der Waals surface area (Å²) in [4.78, 5) is 16.9. The molecular formula is C15H9BrF2N2O2S. The Labute approximate surface area is 142 Å². The minimum atomic E-state index is -0.883. The van der Waals surface area contributed by atoms with Crippen molar-refractivity contribution in [3.63, 3.8) is 0 Å². The molecule has 0 bridgehead atoms. The summed E-state index contributed by atoms with van der Waals surface area (Å²) in [5.74, 6) is -2.10. The number of halogens is 3. The van der Waals surface area contributed by atoms with Crippen LogP contribution in [-0.2, 0) is 6.42 Å². The van der Waals surface area contributed by atoms with E-state index in [-0.39, 0.29) is 5.91 Å². The van der Waals surface area contributed by atoms with Crippen LogP contribution in [0, 0.1) is 11.6 Å². The monoisotopic (exact) mass is 398 g/mol. The number of rotatable bonds is 4. The van der Waals surface area contributed by atoms with Crippen LogP contribution < -0.4 is 5.32 Å². The SMILES string of the molecule is O=C(Nc1ncc(Cc2ccc(F)c(F)c2)s1)c1coc(Br)c1. The van der Waals surface area contributed by atoms with E-state index < -0.39 is 11.6 Å². The standard InChI is InChI=1S/C15H9BrF2N2O2S/c16-13-5-9(7-22-13)14(21)20-15-19-6-10(23-15)3-8-1-2-11(17)12(18)4-8/h1-2,4-7H,3H2,(H,19,20,21). The number of anilines is 1. The highest BCUT2D eigenvalue weighted by Gasteiger charge is 2.12. The Balaban J connectivity index is 1.68. The molecule has 0 spiro atoms. The summed E-state index contributed by atoms with van der Waals surface area (Å²) >= 11 is 4.39. The van der Waals surface area contributed by atoms with Gasteiger partial charge in [0.2, 0.25) is 0 Å². The molecule has 1 aromatic carbocycles. The summed E-state index contributed by atoms with van der Waals surface area (Å²) in [6.07, 6.45) is 3.32. The maximum absolute atomic E-state index is 13.2. The molecule has 1 amide bonds. The second kappa shape index (κ2) is 6.59. The van der Waals surface area contributed by atoms with E-state index >= 15 is 0 Å². The number of carbonyl (C=O) groups is 1. The van der Waals surface area contributed by atoms with Crippen molar-refractivity contribution >= 4 is 38.3 Å². The summed E-state index contributed by atoms with van der Waals surface area (Å²) in [5, 5.41) is 3.07. The molecular weight excluding hydrogens is 390 g/mol. The lowest BCUT2D eigenvalue weighted by atomic mass is 10.1. The Hall–Kier alpha value is -2.06. The van der Waals surface area contributed by atoms with Gasteiger partial charge in [0.1, 0.15) is 6.26 Å². The summed E-state index contributed by atoms with van der Waals surface area (Å²) in [6, 6.07) is 5.30. The first-order chi connectivity index (χ1) is 11.0. The number of amides is 1. The Kier molecular flexibility index (Phi) is 4.53. The van der Waals surface area contributed by atoms with Gasteiger partial charge in [-0.25, -0.2) is 13.8 Å². The average molecular weight is 399 g/mol. The molecule has 0 atom stereocenters. The fourth-order valence-electron chi connectivity index (χ4n) is 1.90. The normalized spacial score (nSPS) is 10.7. The molecule has 0 aliphatic heterocycles. The first-order valence-corrected chi connectivity index (χ1v) is 8.06. The van der Waals surface area contributed by atoms with Gasteiger partial charge in [-0.1, -0.05) is 6.07 Å². The number of benzene rings is 1. The molecule has 23 heavy (non-hydrogen) atoms. The lowest BCUT2D eigenvalue weighted by molar-refractivity contribution is 0.102. The molecule has 2 aromatic heterocycles. The van der Waals surface area contributed by atoms with Crippen LogP contribution in [0.3, 0.4) is 0 Å². The highest BCUT2D eigenvalue weighted by atomic mass is 79.9. The predicted molar refractivity (Wildman–Crippen MR) is 85.6 cm³/mol. The molecule has 1 N–H and O–H groups in total. The fraction of sp³-hybridized carbons (Fsp3) is 0.0667. The molecule has 0 aliphatic rings. The van der Waals surface area contributed by atoms with Crippen molar-refractivity contribution in [3.8, 4) is 0 Å². The molecule has 4 nitrogen and oxygen atoms in total. The third-order valence-electron chi connectivity index (χ3n) is 2.97. The Bertz CT molecular complexity index is 863. The molecule has 0 aliphatic carbocycles. The van der Waals surface area contributed by atoms with Gasteiger partial charge in [0, 0.05) is 23.6 Å². The zero-order valence-corrected chi connectivity index (χ0v) is 13.9. The number of furan rings is 1. The van der Waals surface area contributed by atoms with Crippen LogP contribution in [0.5, 0.6) is 0 Å². The van der Waals surface area contributed by atoms with Crippen LogP contribution in [0.15, 0.2) is 45.8 Å². The topological polar surface area (TPSA) is 55.1 Å². The highest BCUT2D eigenvalue weighted by molar-refractivity contribution is 9.10. The lowest BCUT2D eigenvalue weighted by Crippen LogP contribution is -2.10. The van der Waals surface area contributed by atoms with E-state index in [9.17, 15) is 13.6 Å². The number of carbonyl (C=O) groups excluding carboxylic acids is 1. The van der Waals surface area contributed by atoms with Crippen molar-refractivity contribution in [2.24, 2.45) is 0 Å². The number of hydrogen-bond donors (Lipinski definition) is 1. The number of hydrogen-bond acceptors (Lipinski definition) is 4. The van der Waals surface area contributed by atoms with Crippen molar-refractivity contribution in [3.05, 3.63) is 69.0 Å². The van der Waals surface area contributed by atoms with Gasteiger partial charge >= 0.3 is 0 Å². The van der Waals surface area contributed by atoms with E-state index in [2.05, 4.69) is 26.2 Å². The minimum absolute atomic E-state index is 0.340. The zero-order valence-electron chi connectivity index (χ0n) is 11.5. The Morgan fingerprint density at radius 2 is 2.13 bits per heavy atom. The molecule has 0 unspecified atom stereocenters. The van der Waals surface area contributed by atoms with Gasteiger partial charge in [0.15, 0.2) is 21.4 Å². The summed E-state index contributed by atoms with van der Waals surface area (Å²) in [6.45, 7) is 0. The first-order valence-electron chi connectivity index (χ1n) is 6.45. The van der Waals surface area contributed by atoms with Gasteiger partial charge in [-0.3, -0.25) is 10.1 Å². The van der Waals surface area contributed by atoms with E-state index in [1.165, 1.54) is 23.7 Å². The summed E-state index contributed by atoms with van der Waals surface area (Å²) in [5.41, 5.74) is 0.999. The van der Waals surface area contributed by atoms with Crippen LogP contribution in [-0.4, -0.2) is 10.9 Å². The third-order valence-corrected chi connectivity index (χ3v) is 4.29. The van der Waals surface area contributed by atoms with Crippen molar-refractivity contribution in [1.29, 1.82) is 0 Å². The molecule has 118 valence electrons. The van der Waals surface area contributed by atoms with Crippen LogP contribution in [0.4, 0.5) is 13.9 Å². The molecule has 3 aromatic rings. The molecule has 0 saturated carbocycles. The van der Waals surface area contributed by atoms with E-state index in [1.54, 1.807) is 12.3 Å². The van der Waals surface area contributed by atoms with Crippen molar-refractivity contribution in [2.45, 2.75) is 6.42 Å². The van der Waals surface area contributed by atoms with Gasteiger partial charge < -0.3 is 4.42 Å². The number of nitrogens with zero attached hydrogens (tertiary/aromatic N) is 1. The molecule has 0 saturated heterocycles. The Morgan fingerprint density at radius 1 is 1.30 bits per heavy atom. The van der Waals surface area contributed by atoms with E-state index in [0.717, 1.165) is 17.0 Å². The largest absolute Gasteiger partial charge is 0.457 e. The van der Waals surface area contributed by atoms with E-state index in [0.29, 0.717) is 27.3 Å². The smallest absolute Gasteiger partial charge is 0.260 e. The van der Waals surface area contributed by atoms with E-state index in [4.69, 9.17) is 4.42 Å². The second-order valence-electron chi connectivity index (χ2n) is 4.65. The predicted octanol–water partition coefficient (Wildman–Crippen LogP) is 4.62. The fourth-order valence-corrected chi connectivity index (χ4v) is 3.08. The van der Waals surface area contributed by atoms with Gasteiger partial charge in [-0.15, -0.1) is 11.3 Å². The zero-order chi connectivity index (χ0) is 16.4. The van der Waals surface area contributed by atoms with Crippen molar-refractivity contribution in [1.82, 2.24) is 4.98 Å². The maximum atomic E-state index is 13.2. The van der Waals surface area contributed by atoms with Gasteiger partial charge in [-0.05, 0) is 33.6 Å². The Morgan fingerprint density at radius 3 is 2.83 bits per heavy atom. The second-order valence-corrected chi connectivity index (χ2v) is 6.55. The van der Waals surface area contributed by atoms with Crippen LogP contribution in [0.25, 0.3) is 0 Å². The van der Waals surface area contributed by atoms with Crippen LogP contribution in [0.2, 0.25) is 0 Å². The highest BCUT2D eigenvalue weighted by Crippen LogP contribution is 2.23. The van der Waals surface area contributed by atoms with Crippen LogP contribution in [0.1, 0.15) is 20.8 Å². The van der Waals surface area contributed by atoms with Crippen molar-refractivity contribution in [2.75, 3.05) is 5.32 Å². The van der Waals surface area contributed by atoms with Gasteiger partial charge in [-0.2, -0.15) is 0 Å². The minimum Gasteiger partial charge on any atom is -0.457 e.